The average molecular weight is 439 g/mol. The maximum Gasteiger partial charge on any atom is 0.416 e. The fraction of sp³-hybridized carbons (Fsp3) is 0.400. The lowest BCUT2D eigenvalue weighted by Crippen LogP contribution is -2.51. The van der Waals surface area contributed by atoms with Crippen LogP contribution in [-0.2, 0) is 16.0 Å². The largest absolute Gasteiger partial charge is 0.416 e. The zero-order chi connectivity index (χ0) is 21.5. The molecule has 2 aliphatic rings. The summed E-state index contributed by atoms with van der Waals surface area (Å²) in [4.78, 5) is 18.5. The highest BCUT2D eigenvalue weighted by atomic mass is 32.2. The van der Waals surface area contributed by atoms with Gasteiger partial charge in [-0.3, -0.25) is 4.98 Å². The van der Waals surface area contributed by atoms with Crippen LogP contribution in [0, 0.1) is 0 Å². The van der Waals surface area contributed by atoms with Crippen LogP contribution in [0.1, 0.15) is 31.2 Å². The Labute approximate surface area is 172 Å². The number of piperidine rings is 1. The van der Waals surface area contributed by atoms with Crippen LogP contribution in [-0.4, -0.2) is 41.7 Å². The van der Waals surface area contributed by atoms with E-state index in [0.717, 1.165) is 12.1 Å². The summed E-state index contributed by atoms with van der Waals surface area (Å²) in [5.74, 6) is 0. The molecule has 2 bridgehead atoms. The molecule has 4 rings (SSSR count). The molecule has 6 nitrogen and oxygen atoms in total. The maximum atomic E-state index is 12.9. The minimum atomic E-state index is -4.44. The van der Waals surface area contributed by atoms with Gasteiger partial charge in [-0.25, -0.2) is 13.2 Å². The van der Waals surface area contributed by atoms with Gasteiger partial charge in [-0.15, -0.1) is 0 Å². The number of amides is 2. The molecule has 1 aromatic heterocycles. The first kappa shape index (κ1) is 20.6. The molecule has 30 heavy (non-hydrogen) atoms. The van der Waals surface area contributed by atoms with E-state index in [9.17, 15) is 26.4 Å². The standard InChI is InChI=1S/C20H20F3N3O3S/c21-20(22,23)13-3-5-14(6-4-13)25-19(27)26-15-7-8-16(26)11-18(10-15)30(28,29)17-2-1-9-24-12-17/h1-6,9,12,15-16,18H,7-8,10-11H2,(H,25,27)/t15-,16+,18?. The molecule has 0 spiro atoms. The smallest absolute Gasteiger partial charge is 0.318 e. The summed E-state index contributed by atoms with van der Waals surface area (Å²) in [7, 11) is -3.54. The normalized spacial score (nSPS) is 24.0. The molecule has 2 fully saturated rings. The molecule has 10 heteroatoms. The van der Waals surface area contributed by atoms with Crippen LogP contribution in [0.3, 0.4) is 0 Å². The molecular formula is C20H20F3N3O3S. The Bertz CT molecular complexity index is 1010. The third kappa shape index (κ3) is 3.88. The second-order valence-electron chi connectivity index (χ2n) is 7.62. The molecule has 2 amide bonds. The van der Waals surface area contributed by atoms with Gasteiger partial charge in [0, 0.05) is 30.2 Å². The van der Waals surface area contributed by atoms with Crippen LogP contribution in [0.25, 0.3) is 0 Å². The Morgan fingerprint density at radius 1 is 1.07 bits per heavy atom. The molecule has 0 radical (unpaired) electrons. The van der Waals surface area contributed by atoms with Crippen molar-refractivity contribution in [2.24, 2.45) is 0 Å². The number of fused-ring (bicyclic) bond motifs is 2. The monoisotopic (exact) mass is 439 g/mol. The number of pyridine rings is 1. The molecule has 3 atom stereocenters. The van der Waals surface area contributed by atoms with E-state index >= 15 is 0 Å². The molecule has 0 saturated carbocycles. The van der Waals surface area contributed by atoms with Crippen molar-refractivity contribution in [2.45, 2.75) is 54.1 Å². The predicted octanol–water partition coefficient (Wildman–Crippen LogP) is 4.10. The van der Waals surface area contributed by atoms with E-state index in [4.69, 9.17) is 0 Å². The molecule has 1 N–H and O–H groups in total. The Morgan fingerprint density at radius 3 is 2.23 bits per heavy atom. The number of nitrogens with zero attached hydrogens (tertiary/aromatic N) is 2. The first-order chi connectivity index (χ1) is 14.2. The zero-order valence-corrected chi connectivity index (χ0v) is 16.7. The summed E-state index contributed by atoms with van der Waals surface area (Å²) in [5, 5.41) is 2.05. The second kappa shape index (κ2) is 7.57. The minimum absolute atomic E-state index is 0.178. The number of hydrogen-bond donors (Lipinski definition) is 1. The molecular weight excluding hydrogens is 419 g/mol. The second-order valence-corrected chi connectivity index (χ2v) is 9.85. The fourth-order valence-corrected chi connectivity index (χ4v) is 6.16. The van der Waals surface area contributed by atoms with Gasteiger partial charge < -0.3 is 10.2 Å². The number of aromatic nitrogens is 1. The molecule has 2 saturated heterocycles. The average Bonchev–Trinajstić information content (AvgIpc) is 2.98. The Kier molecular flexibility index (Phi) is 5.21. The number of carbonyl (C=O) groups excluding carboxylic acids is 1. The van der Waals surface area contributed by atoms with Gasteiger partial charge >= 0.3 is 12.2 Å². The fourth-order valence-electron chi connectivity index (χ4n) is 4.35. The van der Waals surface area contributed by atoms with Crippen LogP contribution in [0.15, 0.2) is 53.7 Å². The van der Waals surface area contributed by atoms with Gasteiger partial charge in [0.15, 0.2) is 9.84 Å². The Morgan fingerprint density at radius 2 is 1.70 bits per heavy atom. The molecule has 1 unspecified atom stereocenters. The zero-order valence-electron chi connectivity index (χ0n) is 15.8. The number of urea groups is 1. The molecule has 3 heterocycles. The first-order valence-corrected chi connectivity index (χ1v) is 11.1. The molecule has 1 aromatic carbocycles. The van der Waals surface area contributed by atoms with E-state index in [0.29, 0.717) is 25.7 Å². The van der Waals surface area contributed by atoms with E-state index in [1.807, 2.05) is 0 Å². The number of sulfone groups is 1. The van der Waals surface area contributed by atoms with E-state index < -0.39 is 32.9 Å². The quantitative estimate of drug-likeness (QED) is 0.781. The van der Waals surface area contributed by atoms with Gasteiger partial charge in [-0.2, -0.15) is 13.2 Å². The summed E-state index contributed by atoms with van der Waals surface area (Å²) < 4.78 is 63.9. The summed E-state index contributed by atoms with van der Waals surface area (Å²) in [6, 6.07) is 6.48. The predicted molar refractivity (Wildman–Crippen MR) is 104 cm³/mol. The highest BCUT2D eigenvalue weighted by molar-refractivity contribution is 7.92. The lowest BCUT2D eigenvalue weighted by molar-refractivity contribution is -0.137. The lowest BCUT2D eigenvalue weighted by Gasteiger charge is -2.38. The van der Waals surface area contributed by atoms with Gasteiger partial charge in [0.1, 0.15) is 0 Å². The third-order valence-corrected chi connectivity index (χ3v) is 7.95. The van der Waals surface area contributed by atoms with Crippen molar-refractivity contribution in [3.8, 4) is 0 Å². The van der Waals surface area contributed by atoms with Crippen molar-refractivity contribution in [2.75, 3.05) is 5.32 Å². The number of benzene rings is 1. The van der Waals surface area contributed by atoms with Crippen LogP contribution >= 0.6 is 0 Å². The van der Waals surface area contributed by atoms with E-state index in [2.05, 4.69) is 10.3 Å². The van der Waals surface area contributed by atoms with Crippen molar-refractivity contribution in [1.29, 1.82) is 0 Å². The van der Waals surface area contributed by atoms with E-state index in [1.165, 1.54) is 30.6 Å². The Balaban J connectivity index is 1.46. The number of alkyl halides is 3. The molecule has 160 valence electrons. The van der Waals surface area contributed by atoms with Crippen LogP contribution in [0.4, 0.5) is 23.7 Å². The molecule has 0 aliphatic carbocycles. The number of rotatable bonds is 3. The van der Waals surface area contributed by atoms with E-state index in [-0.39, 0.29) is 22.7 Å². The highest BCUT2D eigenvalue weighted by Gasteiger charge is 2.47. The summed E-state index contributed by atoms with van der Waals surface area (Å²) in [5.41, 5.74) is -0.528. The van der Waals surface area contributed by atoms with Gasteiger partial charge in [0.05, 0.1) is 15.7 Å². The SMILES string of the molecule is O=C(Nc1ccc(C(F)(F)F)cc1)N1[C@@H]2CC[C@H]1CC(S(=O)(=O)c1cccnc1)C2. The third-order valence-electron chi connectivity index (χ3n) is 5.79. The highest BCUT2D eigenvalue weighted by Crippen LogP contribution is 2.40. The molecule has 2 aromatic rings. The van der Waals surface area contributed by atoms with Gasteiger partial charge in [-0.1, -0.05) is 0 Å². The summed E-state index contributed by atoms with van der Waals surface area (Å²) in [6.45, 7) is 0. The number of nitrogens with one attached hydrogen (secondary N) is 1. The maximum absolute atomic E-state index is 12.9. The number of hydrogen-bond acceptors (Lipinski definition) is 4. The first-order valence-electron chi connectivity index (χ1n) is 9.57. The topological polar surface area (TPSA) is 79.4 Å². The van der Waals surface area contributed by atoms with Crippen molar-refractivity contribution in [1.82, 2.24) is 9.88 Å². The minimum Gasteiger partial charge on any atom is -0.318 e. The molecule has 2 aliphatic heterocycles. The van der Waals surface area contributed by atoms with Gasteiger partial charge in [0.2, 0.25) is 0 Å². The Hall–Kier alpha value is -2.62. The van der Waals surface area contributed by atoms with Crippen LogP contribution in [0.5, 0.6) is 0 Å². The van der Waals surface area contributed by atoms with Gasteiger partial charge in [0.25, 0.3) is 0 Å². The number of halogens is 3. The van der Waals surface area contributed by atoms with Crippen molar-refractivity contribution in [3.05, 3.63) is 54.4 Å². The lowest BCUT2D eigenvalue weighted by atomic mass is 10.0. The van der Waals surface area contributed by atoms with Crippen LogP contribution in [0.2, 0.25) is 0 Å². The van der Waals surface area contributed by atoms with Crippen molar-refractivity contribution < 1.29 is 26.4 Å². The van der Waals surface area contributed by atoms with Gasteiger partial charge in [-0.05, 0) is 62.1 Å². The summed E-state index contributed by atoms with van der Waals surface area (Å²) in [6.07, 6.45) is 0.456. The summed E-state index contributed by atoms with van der Waals surface area (Å²) >= 11 is 0. The van der Waals surface area contributed by atoms with Crippen LogP contribution < -0.4 is 5.32 Å². The van der Waals surface area contributed by atoms with Crippen molar-refractivity contribution >= 4 is 21.6 Å². The number of carbonyl (C=O) groups is 1. The van der Waals surface area contributed by atoms with E-state index in [1.54, 1.807) is 11.0 Å². The van der Waals surface area contributed by atoms with Crippen molar-refractivity contribution in [3.63, 3.8) is 0 Å². The number of anilines is 1.